The zero-order valence-corrected chi connectivity index (χ0v) is 21.8. The van der Waals surface area contributed by atoms with E-state index in [2.05, 4.69) is 29.2 Å². The van der Waals surface area contributed by atoms with Gasteiger partial charge in [0.2, 0.25) is 0 Å². The summed E-state index contributed by atoms with van der Waals surface area (Å²) < 4.78 is 11.5. The number of carboxylic acid groups (broad SMARTS) is 1. The van der Waals surface area contributed by atoms with Crippen LogP contribution in [-0.2, 0) is 14.3 Å². The molecule has 35 heavy (non-hydrogen) atoms. The van der Waals surface area contributed by atoms with Gasteiger partial charge in [0.1, 0.15) is 5.60 Å². The van der Waals surface area contributed by atoms with Crippen LogP contribution in [0.3, 0.4) is 0 Å². The molecule has 7 nitrogen and oxygen atoms in total. The van der Waals surface area contributed by atoms with Crippen LogP contribution in [0.2, 0.25) is 0 Å². The zero-order valence-electron chi connectivity index (χ0n) is 21.8. The third-order valence-electron chi connectivity index (χ3n) is 8.18. The molecule has 2 saturated carbocycles. The summed E-state index contributed by atoms with van der Waals surface area (Å²) in [4.78, 5) is 29.5. The molecule has 0 aromatic heterocycles. The summed E-state index contributed by atoms with van der Waals surface area (Å²) in [6.45, 7) is 9.18. The second-order valence-electron chi connectivity index (χ2n) is 12.1. The minimum absolute atomic E-state index is 0.129. The highest BCUT2D eigenvalue weighted by atomic mass is 16.6. The number of carbonyl (C=O) groups is 2. The van der Waals surface area contributed by atoms with Gasteiger partial charge in [-0.05, 0) is 71.5 Å². The lowest BCUT2D eigenvalue weighted by Crippen LogP contribution is -2.54. The summed E-state index contributed by atoms with van der Waals surface area (Å²) >= 11 is 0. The Morgan fingerprint density at radius 3 is 2.29 bits per heavy atom. The second-order valence-corrected chi connectivity index (χ2v) is 12.1. The lowest BCUT2D eigenvalue weighted by atomic mass is 9.68. The van der Waals surface area contributed by atoms with E-state index in [1.807, 2.05) is 31.7 Å². The molecule has 4 rings (SSSR count). The largest absolute Gasteiger partial charge is 0.481 e. The van der Waals surface area contributed by atoms with Gasteiger partial charge in [0.15, 0.2) is 0 Å². The number of aliphatic carboxylic acids is 1. The van der Waals surface area contributed by atoms with Crippen molar-refractivity contribution in [2.24, 2.45) is 10.8 Å². The summed E-state index contributed by atoms with van der Waals surface area (Å²) in [6.07, 6.45) is 4.99. The Hall–Kier alpha value is -2.12. The van der Waals surface area contributed by atoms with Crippen LogP contribution in [0.1, 0.15) is 70.8 Å². The molecule has 1 amide bonds. The van der Waals surface area contributed by atoms with Crippen molar-refractivity contribution < 1.29 is 24.2 Å². The Morgan fingerprint density at radius 2 is 1.77 bits per heavy atom. The van der Waals surface area contributed by atoms with Gasteiger partial charge in [0.05, 0.1) is 12.0 Å². The third-order valence-corrected chi connectivity index (χ3v) is 8.18. The number of methoxy groups -OCH3 is 1. The van der Waals surface area contributed by atoms with Crippen molar-refractivity contribution in [3.8, 4) is 0 Å². The topological polar surface area (TPSA) is 79.3 Å². The van der Waals surface area contributed by atoms with E-state index in [0.29, 0.717) is 25.6 Å². The Bertz CT molecular complexity index is 884. The number of piperidine rings is 1. The number of carboxylic acids is 1. The molecule has 1 aromatic rings. The van der Waals surface area contributed by atoms with E-state index >= 15 is 0 Å². The summed E-state index contributed by atoms with van der Waals surface area (Å²) in [5.41, 5.74) is -0.0259. The van der Waals surface area contributed by atoms with E-state index in [1.54, 1.807) is 7.11 Å². The normalized spacial score (nSPS) is 25.4. The molecule has 1 aliphatic heterocycles. The minimum atomic E-state index is -0.658. The smallest absolute Gasteiger partial charge is 0.410 e. The van der Waals surface area contributed by atoms with Crippen LogP contribution in [0, 0.1) is 10.8 Å². The predicted octanol–water partition coefficient (Wildman–Crippen LogP) is 4.76. The highest BCUT2D eigenvalue weighted by Crippen LogP contribution is 2.48. The van der Waals surface area contributed by atoms with Crippen molar-refractivity contribution in [2.75, 3.05) is 39.9 Å². The molecule has 2 aliphatic carbocycles. The number of ether oxygens (including phenoxy) is 2. The van der Waals surface area contributed by atoms with Crippen LogP contribution in [0.4, 0.5) is 4.79 Å². The summed E-state index contributed by atoms with van der Waals surface area (Å²) in [7, 11) is 1.73. The Kier molecular flexibility index (Phi) is 7.49. The first-order chi connectivity index (χ1) is 16.6. The molecule has 1 heterocycles. The molecule has 1 N–H and O–H groups in total. The second kappa shape index (κ2) is 10.1. The van der Waals surface area contributed by atoms with Gasteiger partial charge in [-0.25, -0.2) is 4.79 Å². The SMILES string of the molecule is COCC1(CN(C(=O)OC(C)(C)C)[C@@H]2CC2c2ccccc2)CCN(CC2(C(=O)O)CCC2)CC1. The molecule has 0 bridgehead atoms. The first-order valence-electron chi connectivity index (χ1n) is 13.1. The Labute approximate surface area is 209 Å². The van der Waals surface area contributed by atoms with Gasteiger partial charge in [-0.2, -0.15) is 0 Å². The number of carbonyl (C=O) groups excluding carboxylic acids is 1. The van der Waals surface area contributed by atoms with Crippen molar-refractivity contribution in [2.45, 2.75) is 76.9 Å². The number of amides is 1. The van der Waals surface area contributed by atoms with Crippen molar-refractivity contribution in [1.29, 1.82) is 0 Å². The van der Waals surface area contributed by atoms with Crippen molar-refractivity contribution in [3.63, 3.8) is 0 Å². The molecular formula is C28H42N2O5. The van der Waals surface area contributed by atoms with Crippen LogP contribution in [0.15, 0.2) is 30.3 Å². The average molecular weight is 487 g/mol. The number of benzene rings is 1. The molecule has 3 fully saturated rings. The fourth-order valence-electron chi connectivity index (χ4n) is 5.89. The zero-order chi connectivity index (χ0) is 25.3. The highest BCUT2D eigenvalue weighted by molar-refractivity contribution is 5.76. The quantitative estimate of drug-likeness (QED) is 0.542. The molecule has 3 aliphatic rings. The van der Waals surface area contributed by atoms with E-state index in [9.17, 15) is 14.7 Å². The lowest BCUT2D eigenvalue weighted by Gasteiger charge is -2.47. The number of nitrogens with zero attached hydrogens (tertiary/aromatic N) is 2. The van der Waals surface area contributed by atoms with Gasteiger partial charge >= 0.3 is 12.1 Å². The number of hydrogen-bond donors (Lipinski definition) is 1. The van der Waals surface area contributed by atoms with Gasteiger partial charge in [0.25, 0.3) is 0 Å². The van der Waals surface area contributed by atoms with Gasteiger partial charge in [-0.15, -0.1) is 0 Å². The molecule has 1 aromatic carbocycles. The van der Waals surface area contributed by atoms with E-state index < -0.39 is 17.0 Å². The average Bonchev–Trinajstić information content (AvgIpc) is 3.56. The lowest BCUT2D eigenvalue weighted by molar-refractivity contribution is -0.157. The van der Waals surface area contributed by atoms with Crippen LogP contribution in [0.5, 0.6) is 0 Å². The molecule has 1 saturated heterocycles. The first-order valence-corrected chi connectivity index (χ1v) is 13.1. The van der Waals surface area contributed by atoms with Crippen molar-refractivity contribution in [3.05, 3.63) is 35.9 Å². The van der Waals surface area contributed by atoms with E-state index in [-0.39, 0.29) is 17.6 Å². The number of likely N-dealkylation sites (tertiary alicyclic amines) is 1. The fraction of sp³-hybridized carbons (Fsp3) is 0.714. The van der Waals surface area contributed by atoms with Crippen LogP contribution in [-0.4, -0.2) is 78.5 Å². The Morgan fingerprint density at radius 1 is 1.11 bits per heavy atom. The van der Waals surface area contributed by atoms with Gasteiger partial charge < -0.3 is 24.4 Å². The minimum Gasteiger partial charge on any atom is -0.481 e. The van der Waals surface area contributed by atoms with Gasteiger partial charge in [0, 0.05) is 37.6 Å². The molecule has 7 heteroatoms. The number of hydrogen-bond acceptors (Lipinski definition) is 5. The van der Waals surface area contributed by atoms with Gasteiger partial charge in [-0.3, -0.25) is 4.79 Å². The van der Waals surface area contributed by atoms with Crippen molar-refractivity contribution in [1.82, 2.24) is 9.80 Å². The summed E-state index contributed by atoms with van der Waals surface area (Å²) in [5, 5.41) is 9.76. The van der Waals surface area contributed by atoms with Crippen LogP contribution >= 0.6 is 0 Å². The maximum absolute atomic E-state index is 13.4. The fourth-order valence-corrected chi connectivity index (χ4v) is 5.89. The highest BCUT2D eigenvalue weighted by Gasteiger charge is 2.50. The third kappa shape index (κ3) is 6.00. The molecule has 0 radical (unpaired) electrons. The molecular weight excluding hydrogens is 444 g/mol. The molecule has 0 spiro atoms. The predicted molar refractivity (Wildman–Crippen MR) is 134 cm³/mol. The molecule has 194 valence electrons. The molecule has 1 unspecified atom stereocenters. The van der Waals surface area contributed by atoms with E-state index in [1.165, 1.54) is 5.56 Å². The first kappa shape index (κ1) is 26.0. The number of rotatable bonds is 9. The standard InChI is InChI=1S/C28H42N2O5/c1-26(2,3)35-25(33)30(23-17-22(23)21-9-6-5-7-10-21)18-27(20-34-4)13-15-29(16-14-27)19-28(24(31)32)11-8-12-28/h5-7,9-10,22-23H,8,11-20H2,1-4H3,(H,31,32)/t22?,23-/m1/s1. The maximum Gasteiger partial charge on any atom is 0.410 e. The van der Waals surface area contributed by atoms with E-state index in [0.717, 1.165) is 51.6 Å². The van der Waals surface area contributed by atoms with Crippen molar-refractivity contribution >= 4 is 12.1 Å². The molecule has 2 atom stereocenters. The van der Waals surface area contributed by atoms with Crippen LogP contribution in [0.25, 0.3) is 0 Å². The van der Waals surface area contributed by atoms with E-state index in [4.69, 9.17) is 9.47 Å². The summed E-state index contributed by atoms with van der Waals surface area (Å²) in [6, 6.07) is 10.5. The maximum atomic E-state index is 13.4. The van der Waals surface area contributed by atoms with Gasteiger partial charge in [-0.1, -0.05) is 36.8 Å². The van der Waals surface area contributed by atoms with Crippen LogP contribution < -0.4 is 0 Å². The Balaban J connectivity index is 1.47. The monoisotopic (exact) mass is 486 g/mol. The summed E-state index contributed by atoms with van der Waals surface area (Å²) in [5.74, 6) is -0.327.